The molecule has 0 aliphatic rings. The molecule has 2 aromatic rings. The van der Waals surface area contributed by atoms with Crippen LogP contribution in [0.15, 0.2) is 6.20 Å². The first-order valence-corrected chi connectivity index (χ1v) is 8.25. The number of aromatic amines is 1. The van der Waals surface area contributed by atoms with Crippen molar-refractivity contribution in [3.8, 4) is 0 Å². The summed E-state index contributed by atoms with van der Waals surface area (Å²) in [6.07, 6.45) is 6.04. The molecule has 0 spiro atoms. The van der Waals surface area contributed by atoms with E-state index in [9.17, 15) is 0 Å². The molecular formula is C13H22N6S. The molecule has 6 nitrogen and oxygen atoms in total. The summed E-state index contributed by atoms with van der Waals surface area (Å²) in [6.45, 7) is 6.10. The highest BCUT2D eigenvalue weighted by atomic mass is 32.2. The van der Waals surface area contributed by atoms with Gasteiger partial charge < -0.3 is 10.6 Å². The largest absolute Gasteiger partial charge is 0.369 e. The van der Waals surface area contributed by atoms with Gasteiger partial charge in [0.1, 0.15) is 5.82 Å². The number of H-pyrrole nitrogens is 1. The lowest BCUT2D eigenvalue weighted by Crippen LogP contribution is -2.11. The van der Waals surface area contributed by atoms with Gasteiger partial charge in [-0.05, 0) is 19.1 Å². The van der Waals surface area contributed by atoms with E-state index >= 15 is 0 Å². The molecule has 0 saturated heterocycles. The van der Waals surface area contributed by atoms with E-state index in [2.05, 4.69) is 50.9 Å². The average molecular weight is 294 g/mol. The maximum Gasteiger partial charge on any atom is 0.226 e. The van der Waals surface area contributed by atoms with Gasteiger partial charge in [0, 0.05) is 18.3 Å². The van der Waals surface area contributed by atoms with E-state index in [1.54, 1.807) is 6.20 Å². The summed E-state index contributed by atoms with van der Waals surface area (Å²) in [6, 6.07) is 0. The molecule has 0 radical (unpaired) electrons. The molecule has 2 aromatic heterocycles. The molecule has 3 N–H and O–H groups in total. The van der Waals surface area contributed by atoms with E-state index in [0.29, 0.717) is 11.2 Å². The molecular weight excluding hydrogens is 272 g/mol. The first-order chi connectivity index (χ1) is 9.74. The first kappa shape index (κ1) is 14.9. The molecule has 0 saturated carbocycles. The van der Waals surface area contributed by atoms with E-state index in [0.717, 1.165) is 42.8 Å². The topological polar surface area (TPSA) is 78.5 Å². The number of aromatic nitrogens is 4. The first-order valence-electron chi connectivity index (χ1n) is 6.96. The highest BCUT2D eigenvalue weighted by molar-refractivity contribution is 7.99. The third kappa shape index (κ3) is 3.75. The minimum absolute atomic E-state index is 0.641. The van der Waals surface area contributed by atoms with Crippen molar-refractivity contribution >= 4 is 34.6 Å². The van der Waals surface area contributed by atoms with Gasteiger partial charge in [-0.3, -0.25) is 5.10 Å². The standard InChI is InChI=1S/C13H22N6S/c1-4-6-15-13-17-11(14-7-5-9(2)20-3)10-8-16-19-12(10)18-13/h8-9H,4-7H2,1-3H3,(H3,14,15,16,17,18,19). The van der Waals surface area contributed by atoms with Gasteiger partial charge in [0.2, 0.25) is 5.95 Å². The van der Waals surface area contributed by atoms with Gasteiger partial charge in [-0.25, -0.2) is 0 Å². The fourth-order valence-corrected chi connectivity index (χ4v) is 2.15. The summed E-state index contributed by atoms with van der Waals surface area (Å²) in [5, 5.41) is 15.1. The fraction of sp³-hybridized carbons (Fsp3) is 0.615. The predicted octanol–water partition coefficient (Wildman–Crippen LogP) is 2.73. The van der Waals surface area contributed by atoms with Crippen molar-refractivity contribution < 1.29 is 0 Å². The van der Waals surface area contributed by atoms with Gasteiger partial charge in [-0.1, -0.05) is 13.8 Å². The van der Waals surface area contributed by atoms with Crippen LogP contribution in [-0.2, 0) is 0 Å². The van der Waals surface area contributed by atoms with Crippen LogP contribution < -0.4 is 10.6 Å². The van der Waals surface area contributed by atoms with Crippen LogP contribution in [0.5, 0.6) is 0 Å². The van der Waals surface area contributed by atoms with Crippen molar-refractivity contribution in [2.45, 2.75) is 31.9 Å². The number of nitrogens with zero attached hydrogens (tertiary/aromatic N) is 3. The van der Waals surface area contributed by atoms with Crippen LogP contribution in [-0.4, -0.2) is 44.8 Å². The maximum absolute atomic E-state index is 4.53. The highest BCUT2D eigenvalue weighted by Gasteiger charge is 2.09. The van der Waals surface area contributed by atoms with Crippen molar-refractivity contribution in [3.05, 3.63) is 6.20 Å². The second-order valence-electron chi connectivity index (χ2n) is 4.72. The van der Waals surface area contributed by atoms with Crippen LogP contribution in [0.4, 0.5) is 11.8 Å². The van der Waals surface area contributed by atoms with Crippen molar-refractivity contribution in [2.75, 3.05) is 30.0 Å². The molecule has 0 aliphatic carbocycles. The lowest BCUT2D eigenvalue weighted by Gasteiger charge is -2.11. The minimum Gasteiger partial charge on any atom is -0.369 e. The van der Waals surface area contributed by atoms with E-state index in [4.69, 9.17) is 0 Å². The Morgan fingerprint density at radius 2 is 2.15 bits per heavy atom. The Balaban J connectivity index is 2.10. The second kappa shape index (κ2) is 7.33. The predicted molar refractivity (Wildman–Crippen MR) is 86.5 cm³/mol. The molecule has 2 heterocycles. The Kier molecular flexibility index (Phi) is 5.46. The third-order valence-corrected chi connectivity index (χ3v) is 4.13. The lowest BCUT2D eigenvalue weighted by atomic mass is 10.3. The van der Waals surface area contributed by atoms with E-state index in [1.807, 2.05) is 11.8 Å². The highest BCUT2D eigenvalue weighted by Crippen LogP contribution is 2.20. The van der Waals surface area contributed by atoms with Crippen LogP contribution >= 0.6 is 11.8 Å². The van der Waals surface area contributed by atoms with E-state index in [1.165, 1.54) is 0 Å². The molecule has 20 heavy (non-hydrogen) atoms. The average Bonchev–Trinajstić information content (AvgIpc) is 2.93. The van der Waals surface area contributed by atoms with Gasteiger partial charge in [-0.2, -0.15) is 26.8 Å². The molecule has 0 amide bonds. The molecule has 110 valence electrons. The van der Waals surface area contributed by atoms with E-state index < -0.39 is 0 Å². The Labute approximate surface area is 123 Å². The zero-order chi connectivity index (χ0) is 14.4. The van der Waals surface area contributed by atoms with Crippen LogP contribution in [0, 0.1) is 0 Å². The Bertz CT molecular complexity index is 541. The Morgan fingerprint density at radius 3 is 2.90 bits per heavy atom. The van der Waals surface area contributed by atoms with Gasteiger partial charge in [-0.15, -0.1) is 0 Å². The zero-order valence-electron chi connectivity index (χ0n) is 12.2. The second-order valence-corrected chi connectivity index (χ2v) is 5.99. The van der Waals surface area contributed by atoms with Gasteiger partial charge in [0.15, 0.2) is 5.65 Å². The number of hydrogen-bond acceptors (Lipinski definition) is 6. The maximum atomic E-state index is 4.53. The quantitative estimate of drug-likeness (QED) is 0.695. The molecule has 0 bridgehead atoms. The number of rotatable bonds is 8. The van der Waals surface area contributed by atoms with Gasteiger partial charge in [0.25, 0.3) is 0 Å². The Hall–Kier alpha value is -1.50. The summed E-state index contributed by atoms with van der Waals surface area (Å²) in [5.74, 6) is 1.49. The fourth-order valence-electron chi connectivity index (χ4n) is 1.80. The Morgan fingerprint density at radius 1 is 1.30 bits per heavy atom. The number of anilines is 2. The van der Waals surface area contributed by atoms with Crippen molar-refractivity contribution in [1.82, 2.24) is 20.2 Å². The number of hydrogen-bond donors (Lipinski definition) is 3. The summed E-state index contributed by atoms with van der Waals surface area (Å²) < 4.78 is 0. The third-order valence-electron chi connectivity index (χ3n) is 3.09. The van der Waals surface area contributed by atoms with Crippen molar-refractivity contribution in [3.63, 3.8) is 0 Å². The summed E-state index contributed by atoms with van der Waals surface area (Å²) in [5.41, 5.74) is 0.763. The van der Waals surface area contributed by atoms with Gasteiger partial charge >= 0.3 is 0 Å². The van der Waals surface area contributed by atoms with Crippen LogP contribution in [0.2, 0.25) is 0 Å². The molecule has 0 aliphatic heterocycles. The smallest absolute Gasteiger partial charge is 0.226 e. The lowest BCUT2D eigenvalue weighted by molar-refractivity contribution is 0.850. The van der Waals surface area contributed by atoms with Crippen LogP contribution in [0.1, 0.15) is 26.7 Å². The summed E-state index contributed by atoms with van der Waals surface area (Å²) in [7, 11) is 0. The molecule has 1 atom stereocenters. The number of thioether (sulfide) groups is 1. The minimum atomic E-state index is 0.641. The molecule has 0 fully saturated rings. The van der Waals surface area contributed by atoms with E-state index in [-0.39, 0.29) is 0 Å². The molecule has 0 aromatic carbocycles. The van der Waals surface area contributed by atoms with Gasteiger partial charge in [0.05, 0.1) is 11.6 Å². The molecule has 7 heteroatoms. The van der Waals surface area contributed by atoms with Crippen LogP contribution in [0.25, 0.3) is 11.0 Å². The molecule has 1 unspecified atom stereocenters. The summed E-state index contributed by atoms with van der Waals surface area (Å²) in [4.78, 5) is 8.94. The number of nitrogens with one attached hydrogen (secondary N) is 3. The summed E-state index contributed by atoms with van der Waals surface area (Å²) >= 11 is 1.88. The number of fused-ring (bicyclic) bond motifs is 1. The van der Waals surface area contributed by atoms with Crippen molar-refractivity contribution in [1.29, 1.82) is 0 Å². The SMILES string of the molecule is CCCNc1nc(NCCC(C)SC)c2cn[nH]c2n1. The van der Waals surface area contributed by atoms with Crippen molar-refractivity contribution in [2.24, 2.45) is 0 Å². The van der Waals surface area contributed by atoms with Crippen LogP contribution in [0.3, 0.4) is 0 Å². The normalized spacial score (nSPS) is 12.6. The zero-order valence-corrected chi connectivity index (χ0v) is 13.0. The monoisotopic (exact) mass is 294 g/mol. The molecule has 2 rings (SSSR count).